The highest BCUT2D eigenvalue weighted by atomic mass is 16.5. The Bertz CT molecular complexity index is 535. The molecule has 0 saturated heterocycles. The molecule has 0 aliphatic heterocycles. The molecule has 0 N–H and O–H groups in total. The van der Waals surface area contributed by atoms with Crippen molar-refractivity contribution in [3.63, 3.8) is 0 Å². The van der Waals surface area contributed by atoms with Crippen LogP contribution in [-0.4, -0.2) is 35.4 Å². The van der Waals surface area contributed by atoms with Gasteiger partial charge in [-0.15, -0.1) is 5.10 Å². The van der Waals surface area contributed by atoms with E-state index in [1.807, 2.05) is 20.8 Å². The van der Waals surface area contributed by atoms with E-state index in [0.717, 1.165) is 5.56 Å². The highest BCUT2D eigenvalue weighted by molar-refractivity contribution is 5.76. The van der Waals surface area contributed by atoms with E-state index in [4.69, 9.17) is 4.74 Å². The second kappa shape index (κ2) is 6.85. The number of hydrogen-bond donors (Lipinski definition) is 0. The zero-order valence-electron chi connectivity index (χ0n) is 12.6. The van der Waals surface area contributed by atoms with Gasteiger partial charge in [0.05, 0.1) is 12.3 Å². The molecule has 0 spiro atoms. The first-order valence-corrected chi connectivity index (χ1v) is 6.58. The average molecular weight is 276 g/mol. The Morgan fingerprint density at radius 3 is 2.55 bits per heavy atom. The normalized spacial score (nSPS) is 10.2. The molecule has 0 fully saturated rings. The highest BCUT2D eigenvalue weighted by Crippen LogP contribution is 2.22. The fourth-order valence-electron chi connectivity index (χ4n) is 1.78. The molecule has 20 heavy (non-hydrogen) atoms. The lowest BCUT2D eigenvalue weighted by molar-refractivity contribution is -0.141. The van der Waals surface area contributed by atoms with Crippen LogP contribution in [0.3, 0.4) is 0 Å². The Labute approximate surface area is 119 Å². The van der Waals surface area contributed by atoms with Gasteiger partial charge >= 0.3 is 5.97 Å². The van der Waals surface area contributed by atoms with Crippen LogP contribution >= 0.6 is 0 Å². The van der Waals surface area contributed by atoms with E-state index in [0.29, 0.717) is 23.7 Å². The van der Waals surface area contributed by atoms with Crippen molar-refractivity contribution in [1.82, 2.24) is 10.2 Å². The summed E-state index contributed by atoms with van der Waals surface area (Å²) in [6.07, 6.45) is 0. The monoisotopic (exact) mass is 276 g/mol. The number of carbonyl (C=O) groups is 1. The van der Waals surface area contributed by atoms with Crippen LogP contribution in [0.25, 0.3) is 0 Å². The van der Waals surface area contributed by atoms with Gasteiger partial charge in [-0.2, -0.15) is 10.4 Å². The largest absolute Gasteiger partial charge is 0.465 e. The lowest BCUT2D eigenvalue weighted by Gasteiger charge is -2.27. The van der Waals surface area contributed by atoms with Gasteiger partial charge in [-0.05, 0) is 40.2 Å². The molecule has 0 unspecified atom stereocenters. The molecule has 1 heterocycles. The van der Waals surface area contributed by atoms with Crippen LogP contribution in [0.1, 0.15) is 37.6 Å². The molecular weight excluding hydrogens is 256 g/mol. The summed E-state index contributed by atoms with van der Waals surface area (Å²) in [6, 6.07) is 2.15. The van der Waals surface area contributed by atoms with Crippen LogP contribution < -0.4 is 4.90 Å². The number of aryl methyl sites for hydroxylation is 1. The Morgan fingerprint density at radius 1 is 1.40 bits per heavy atom. The van der Waals surface area contributed by atoms with Crippen LogP contribution in [0.2, 0.25) is 0 Å². The molecule has 1 aromatic heterocycles. The van der Waals surface area contributed by atoms with E-state index in [9.17, 15) is 10.1 Å². The van der Waals surface area contributed by atoms with Crippen LogP contribution in [0, 0.1) is 25.2 Å². The Balaban J connectivity index is 3.20. The molecule has 6 heteroatoms. The maximum atomic E-state index is 11.7. The van der Waals surface area contributed by atoms with E-state index in [1.165, 1.54) is 0 Å². The maximum Gasteiger partial charge on any atom is 0.325 e. The van der Waals surface area contributed by atoms with E-state index in [2.05, 4.69) is 16.3 Å². The number of rotatable bonds is 5. The summed E-state index contributed by atoms with van der Waals surface area (Å²) in [5.74, 6) is 0.0868. The summed E-state index contributed by atoms with van der Waals surface area (Å²) in [6.45, 7) is 9.63. The predicted molar refractivity (Wildman–Crippen MR) is 75.3 cm³/mol. The van der Waals surface area contributed by atoms with Gasteiger partial charge < -0.3 is 9.64 Å². The van der Waals surface area contributed by atoms with Gasteiger partial charge in [-0.3, -0.25) is 4.79 Å². The second-order valence-electron chi connectivity index (χ2n) is 4.75. The molecule has 0 aliphatic carbocycles. The minimum atomic E-state index is -0.342. The summed E-state index contributed by atoms with van der Waals surface area (Å²) >= 11 is 0. The van der Waals surface area contributed by atoms with Gasteiger partial charge in [0.2, 0.25) is 0 Å². The molecule has 1 rings (SSSR count). The van der Waals surface area contributed by atoms with Gasteiger partial charge in [0.1, 0.15) is 18.2 Å². The van der Waals surface area contributed by atoms with Crippen LogP contribution in [0.5, 0.6) is 0 Å². The molecule has 0 aromatic carbocycles. The standard InChI is InChI=1S/C14H20N4O2/c1-6-20-13(19)8-18(9(2)3)14-12(7-15)10(4)11(5)16-17-14/h9H,6,8H2,1-5H3. The molecule has 0 atom stereocenters. The van der Waals surface area contributed by atoms with Crippen LogP contribution in [0.4, 0.5) is 5.82 Å². The molecular formula is C14H20N4O2. The minimum Gasteiger partial charge on any atom is -0.465 e. The first-order chi connectivity index (χ1) is 9.42. The predicted octanol–water partition coefficient (Wildman–Crippen LogP) is 1.74. The molecule has 6 nitrogen and oxygen atoms in total. The third-order valence-electron chi connectivity index (χ3n) is 3.05. The summed E-state index contributed by atoms with van der Waals surface area (Å²) in [7, 11) is 0. The first kappa shape index (κ1) is 15.9. The lowest BCUT2D eigenvalue weighted by Crippen LogP contribution is -2.38. The van der Waals surface area contributed by atoms with Gasteiger partial charge in [0, 0.05) is 6.04 Å². The number of carbonyl (C=O) groups excluding carboxylic acids is 1. The SMILES string of the molecule is CCOC(=O)CN(c1nnc(C)c(C)c1C#N)C(C)C. The zero-order valence-corrected chi connectivity index (χ0v) is 12.6. The Hall–Kier alpha value is -2.16. The quantitative estimate of drug-likeness (QED) is 0.762. The van der Waals surface area contributed by atoms with Gasteiger partial charge in [-0.1, -0.05) is 0 Å². The molecule has 0 bridgehead atoms. The van der Waals surface area contributed by atoms with Crippen molar-refractivity contribution in [1.29, 1.82) is 5.26 Å². The van der Waals surface area contributed by atoms with Crippen molar-refractivity contribution < 1.29 is 9.53 Å². The molecule has 0 radical (unpaired) electrons. The number of esters is 1. The van der Waals surface area contributed by atoms with Crippen molar-refractivity contribution in [2.75, 3.05) is 18.1 Å². The Morgan fingerprint density at radius 2 is 2.05 bits per heavy atom. The number of aromatic nitrogens is 2. The summed E-state index contributed by atoms with van der Waals surface area (Å²) in [5.41, 5.74) is 1.95. The van der Waals surface area contributed by atoms with Gasteiger partial charge in [-0.25, -0.2) is 0 Å². The first-order valence-electron chi connectivity index (χ1n) is 6.58. The smallest absolute Gasteiger partial charge is 0.325 e. The van der Waals surface area contributed by atoms with Crippen molar-refractivity contribution in [2.24, 2.45) is 0 Å². The number of nitrogens with zero attached hydrogens (tertiary/aromatic N) is 4. The summed E-state index contributed by atoms with van der Waals surface area (Å²) in [4.78, 5) is 13.4. The second-order valence-corrected chi connectivity index (χ2v) is 4.75. The maximum absolute atomic E-state index is 11.7. The fourth-order valence-corrected chi connectivity index (χ4v) is 1.78. The van der Waals surface area contributed by atoms with E-state index in [-0.39, 0.29) is 18.6 Å². The van der Waals surface area contributed by atoms with E-state index < -0.39 is 0 Å². The molecule has 0 aliphatic rings. The Kier molecular flexibility index (Phi) is 5.44. The van der Waals surface area contributed by atoms with E-state index >= 15 is 0 Å². The van der Waals surface area contributed by atoms with Crippen molar-refractivity contribution in [2.45, 2.75) is 40.7 Å². The van der Waals surface area contributed by atoms with Gasteiger partial charge in [0.25, 0.3) is 0 Å². The third kappa shape index (κ3) is 3.44. The third-order valence-corrected chi connectivity index (χ3v) is 3.05. The van der Waals surface area contributed by atoms with Gasteiger partial charge in [0.15, 0.2) is 5.82 Å². The zero-order chi connectivity index (χ0) is 15.3. The number of anilines is 1. The van der Waals surface area contributed by atoms with Crippen LogP contribution in [0.15, 0.2) is 0 Å². The molecule has 0 amide bonds. The van der Waals surface area contributed by atoms with E-state index in [1.54, 1.807) is 18.7 Å². The molecule has 1 aromatic rings. The molecule has 0 saturated carbocycles. The summed E-state index contributed by atoms with van der Waals surface area (Å²) < 4.78 is 4.96. The number of hydrogen-bond acceptors (Lipinski definition) is 6. The number of ether oxygens (including phenoxy) is 1. The topological polar surface area (TPSA) is 79.1 Å². The van der Waals surface area contributed by atoms with Crippen molar-refractivity contribution >= 4 is 11.8 Å². The van der Waals surface area contributed by atoms with Crippen LogP contribution in [-0.2, 0) is 9.53 Å². The number of nitriles is 1. The molecule has 108 valence electrons. The van der Waals surface area contributed by atoms with Crippen molar-refractivity contribution in [3.8, 4) is 6.07 Å². The highest BCUT2D eigenvalue weighted by Gasteiger charge is 2.22. The minimum absolute atomic E-state index is 0.00270. The average Bonchev–Trinajstić information content (AvgIpc) is 2.39. The summed E-state index contributed by atoms with van der Waals surface area (Å²) in [5, 5.41) is 17.5. The fraction of sp³-hybridized carbons (Fsp3) is 0.571. The van der Waals surface area contributed by atoms with Crippen molar-refractivity contribution in [3.05, 3.63) is 16.8 Å². The lowest BCUT2D eigenvalue weighted by atomic mass is 10.1.